The van der Waals surface area contributed by atoms with E-state index in [1.807, 2.05) is 25.7 Å². The van der Waals surface area contributed by atoms with Crippen LogP contribution in [0.3, 0.4) is 0 Å². The van der Waals surface area contributed by atoms with Crippen molar-refractivity contribution in [2.75, 3.05) is 45.9 Å². The number of rotatable bonds is 4. The number of hydrogen-bond donors (Lipinski definition) is 0. The lowest BCUT2D eigenvalue weighted by atomic mass is 10.2. The fourth-order valence-electron chi connectivity index (χ4n) is 3.02. The fraction of sp³-hybridized carbons (Fsp3) is 0.611. The van der Waals surface area contributed by atoms with Crippen molar-refractivity contribution in [1.29, 1.82) is 0 Å². The summed E-state index contributed by atoms with van der Waals surface area (Å²) in [4.78, 5) is 14.0. The third-order valence-electron chi connectivity index (χ3n) is 4.26. The van der Waals surface area contributed by atoms with Crippen LogP contribution in [0.4, 0.5) is 0 Å². The van der Waals surface area contributed by atoms with E-state index in [4.69, 9.17) is 14.2 Å². The molecule has 1 aromatic rings. The van der Waals surface area contributed by atoms with Crippen molar-refractivity contribution in [3.05, 3.63) is 18.2 Å². The highest BCUT2D eigenvalue weighted by molar-refractivity contribution is 7.89. The molecule has 2 aliphatic heterocycles. The Kier molecular flexibility index (Phi) is 5.64. The predicted molar refractivity (Wildman–Crippen MR) is 98.5 cm³/mol. The average molecular weight is 398 g/mol. The summed E-state index contributed by atoms with van der Waals surface area (Å²) in [5.74, 6) is 0.707. The van der Waals surface area contributed by atoms with E-state index < -0.39 is 15.6 Å². The Morgan fingerprint density at radius 2 is 1.70 bits per heavy atom. The molecule has 0 N–H and O–H groups in total. The smallest absolute Gasteiger partial charge is 0.320 e. The first-order valence-corrected chi connectivity index (χ1v) is 10.4. The van der Waals surface area contributed by atoms with Crippen molar-refractivity contribution in [2.24, 2.45) is 0 Å². The van der Waals surface area contributed by atoms with Crippen LogP contribution in [0.1, 0.15) is 20.8 Å². The van der Waals surface area contributed by atoms with E-state index in [1.165, 1.54) is 16.4 Å². The highest BCUT2D eigenvalue weighted by Gasteiger charge is 2.30. The van der Waals surface area contributed by atoms with Gasteiger partial charge in [0, 0.05) is 32.2 Å². The normalized spacial score (nSPS) is 18.9. The molecule has 0 atom stereocenters. The van der Waals surface area contributed by atoms with Crippen LogP contribution in [0.2, 0.25) is 0 Å². The van der Waals surface area contributed by atoms with Gasteiger partial charge >= 0.3 is 5.97 Å². The number of hydrogen-bond acceptors (Lipinski definition) is 7. The number of piperazine rings is 1. The predicted octanol–water partition coefficient (Wildman–Crippen LogP) is 1.11. The largest absolute Gasteiger partial charge is 0.486 e. The van der Waals surface area contributed by atoms with Gasteiger partial charge < -0.3 is 14.2 Å². The average Bonchev–Trinajstić information content (AvgIpc) is 2.60. The summed E-state index contributed by atoms with van der Waals surface area (Å²) in [6, 6.07) is 4.67. The lowest BCUT2D eigenvalue weighted by Crippen LogP contribution is -2.50. The fourth-order valence-corrected chi connectivity index (χ4v) is 4.46. The molecule has 0 bridgehead atoms. The summed E-state index contributed by atoms with van der Waals surface area (Å²) in [6.45, 7) is 8.08. The maximum absolute atomic E-state index is 12.9. The molecule has 2 aliphatic rings. The Balaban J connectivity index is 1.61. The van der Waals surface area contributed by atoms with Gasteiger partial charge in [0.1, 0.15) is 18.8 Å². The van der Waals surface area contributed by atoms with E-state index in [2.05, 4.69) is 0 Å². The topological polar surface area (TPSA) is 85.4 Å². The minimum absolute atomic E-state index is 0.162. The maximum atomic E-state index is 12.9. The van der Waals surface area contributed by atoms with Crippen molar-refractivity contribution < 1.29 is 27.4 Å². The second kappa shape index (κ2) is 7.65. The molecule has 0 saturated carbocycles. The minimum Gasteiger partial charge on any atom is -0.486 e. The third kappa shape index (κ3) is 4.91. The molecule has 1 saturated heterocycles. The molecular weight excluding hydrogens is 372 g/mol. The summed E-state index contributed by atoms with van der Waals surface area (Å²) >= 11 is 0. The number of carbonyl (C=O) groups is 1. The first-order valence-electron chi connectivity index (χ1n) is 8.99. The molecule has 0 aromatic heterocycles. The number of carbonyl (C=O) groups excluding carboxylic acids is 1. The zero-order chi connectivity index (χ0) is 19.7. The molecule has 1 aromatic carbocycles. The molecule has 2 heterocycles. The number of benzene rings is 1. The van der Waals surface area contributed by atoms with Crippen LogP contribution in [0, 0.1) is 0 Å². The number of nitrogens with zero attached hydrogens (tertiary/aromatic N) is 2. The molecule has 8 nitrogen and oxygen atoms in total. The van der Waals surface area contributed by atoms with Crippen molar-refractivity contribution >= 4 is 16.0 Å². The third-order valence-corrected chi connectivity index (χ3v) is 6.15. The van der Waals surface area contributed by atoms with Crippen molar-refractivity contribution in [3.63, 3.8) is 0 Å². The Morgan fingerprint density at radius 1 is 1.07 bits per heavy atom. The van der Waals surface area contributed by atoms with Crippen molar-refractivity contribution in [2.45, 2.75) is 31.3 Å². The van der Waals surface area contributed by atoms with Gasteiger partial charge in [0.2, 0.25) is 10.0 Å². The quantitative estimate of drug-likeness (QED) is 0.702. The van der Waals surface area contributed by atoms with Crippen LogP contribution in [-0.4, -0.2) is 75.1 Å². The van der Waals surface area contributed by atoms with Crippen LogP contribution in [0.25, 0.3) is 0 Å². The summed E-state index contributed by atoms with van der Waals surface area (Å²) in [6.07, 6.45) is 0. The zero-order valence-electron chi connectivity index (χ0n) is 15.9. The second-order valence-corrected chi connectivity index (χ2v) is 9.51. The van der Waals surface area contributed by atoms with E-state index in [1.54, 1.807) is 6.07 Å². The summed E-state index contributed by atoms with van der Waals surface area (Å²) in [7, 11) is -3.62. The second-order valence-electron chi connectivity index (χ2n) is 7.57. The van der Waals surface area contributed by atoms with E-state index in [-0.39, 0.29) is 17.4 Å². The standard InChI is InChI=1S/C18H26N2O6S/c1-18(2,3)26-17(21)13-19-6-8-20(9-7-19)27(22,23)14-4-5-15-16(12-14)25-11-10-24-15/h4-5,12H,6-11,13H2,1-3H3. The van der Waals surface area contributed by atoms with Gasteiger partial charge in [-0.05, 0) is 32.9 Å². The van der Waals surface area contributed by atoms with Crippen LogP contribution in [0.5, 0.6) is 11.5 Å². The Hall–Kier alpha value is -1.84. The lowest BCUT2D eigenvalue weighted by Gasteiger charge is -2.34. The van der Waals surface area contributed by atoms with Crippen molar-refractivity contribution in [1.82, 2.24) is 9.21 Å². The molecular formula is C18H26N2O6S. The van der Waals surface area contributed by atoms with Gasteiger partial charge in [-0.25, -0.2) is 8.42 Å². The van der Waals surface area contributed by atoms with Gasteiger partial charge in [-0.15, -0.1) is 0 Å². The number of esters is 1. The van der Waals surface area contributed by atoms with E-state index in [9.17, 15) is 13.2 Å². The van der Waals surface area contributed by atoms with E-state index >= 15 is 0 Å². The van der Waals surface area contributed by atoms with E-state index in [0.717, 1.165) is 0 Å². The zero-order valence-corrected chi connectivity index (χ0v) is 16.8. The Bertz CT molecular complexity index is 795. The van der Waals surface area contributed by atoms with Gasteiger partial charge in [-0.3, -0.25) is 9.69 Å². The SMILES string of the molecule is CC(C)(C)OC(=O)CN1CCN(S(=O)(=O)c2ccc3c(c2)OCCO3)CC1. The summed E-state index contributed by atoms with van der Waals surface area (Å²) in [5.41, 5.74) is -0.527. The highest BCUT2D eigenvalue weighted by atomic mass is 32.2. The molecule has 0 radical (unpaired) electrons. The maximum Gasteiger partial charge on any atom is 0.320 e. The molecule has 9 heteroatoms. The highest BCUT2D eigenvalue weighted by Crippen LogP contribution is 2.33. The number of ether oxygens (including phenoxy) is 3. The van der Waals surface area contributed by atoms with Gasteiger partial charge in [-0.2, -0.15) is 4.31 Å². The first kappa shape index (κ1) is 19.9. The van der Waals surface area contributed by atoms with Gasteiger partial charge in [0.15, 0.2) is 11.5 Å². The van der Waals surface area contributed by atoms with Gasteiger partial charge in [0.25, 0.3) is 0 Å². The monoisotopic (exact) mass is 398 g/mol. The van der Waals surface area contributed by atoms with Gasteiger partial charge in [0.05, 0.1) is 11.4 Å². The molecule has 1 fully saturated rings. The molecule has 0 aliphatic carbocycles. The van der Waals surface area contributed by atoms with Crippen molar-refractivity contribution in [3.8, 4) is 11.5 Å². The van der Waals surface area contributed by atoms with Crippen LogP contribution < -0.4 is 9.47 Å². The van der Waals surface area contributed by atoms with Crippen LogP contribution in [-0.2, 0) is 19.6 Å². The lowest BCUT2D eigenvalue weighted by molar-refractivity contribution is -0.156. The van der Waals surface area contributed by atoms with Crippen LogP contribution in [0.15, 0.2) is 23.1 Å². The minimum atomic E-state index is -3.62. The van der Waals surface area contributed by atoms with Crippen LogP contribution >= 0.6 is 0 Å². The molecule has 27 heavy (non-hydrogen) atoms. The summed E-state index contributed by atoms with van der Waals surface area (Å²) in [5, 5.41) is 0. The Labute approximate surface area is 160 Å². The van der Waals surface area contributed by atoms with Gasteiger partial charge in [-0.1, -0.05) is 0 Å². The molecule has 3 rings (SSSR count). The first-order chi connectivity index (χ1) is 12.6. The molecule has 150 valence electrons. The Morgan fingerprint density at radius 3 is 2.33 bits per heavy atom. The van der Waals surface area contributed by atoms with E-state index in [0.29, 0.717) is 50.9 Å². The number of fused-ring (bicyclic) bond motifs is 1. The number of sulfonamides is 1. The summed E-state index contributed by atoms with van der Waals surface area (Å²) < 4.78 is 43.5. The molecule has 0 amide bonds. The molecule has 0 spiro atoms. The molecule has 0 unspecified atom stereocenters.